The summed E-state index contributed by atoms with van der Waals surface area (Å²) in [5.74, 6) is 0. The zero-order chi connectivity index (χ0) is 0. The molecule has 0 bridgehead atoms. The minimum Gasteiger partial charge on any atom is 0 e. The fourth-order valence-corrected chi connectivity index (χ4v) is 0. The normalized spacial score (nSPS) is 0. The van der Waals surface area contributed by atoms with Crippen molar-refractivity contribution in [3.63, 3.8) is 0 Å². The number of hydrogen-bond donors (Lipinski definition) is 0. The number of hydrogen-bond acceptors (Lipinski definition) is 0. The van der Waals surface area contributed by atoms with Gasteiger partial charge in [-0.2, -0.15) is 0 Å². The summed E-state index contributed by atoms with van der Waals surface area (Å²) >= 11 is 0. The Kier molecular flexibility index (Phi) is 134. The Bertz CT molecular complexity index is 8.00. The maximum Gasteiger partial charge on any atom is 0 e. The molecule has 0 heterocycles. The fraction of sp³-hybridized carbons (Fsp3) is 0. The molecule has 0 aromatic rings. The minimum atomic E-state index is 0. The Labute approximate surface area is 83.4 Å². The van der Waals surface area contributed by atoms with Crippen molar-refractivity contribution in [3.05, 3.63) is 0 Å². The van der Waals surface area contributed by atoms with Crippen LogP contribution in [-0.2, 0) is 0 Å². The Morgan fingerprint density at radius 3 is 1.00 bits per heavy atom. The average Bonchev–Trinajstić information content (AvgIpc) is 0. The van der Waals surface area contributed by atoms with E-state index in [4.69, 9.17) is 0 Å². The van der Waals surface area contributed by atoms with Crippen molar-refractivity contribution in [3.8, 4) is 0 Å². The van der Waals surface area contributed by atoms with Gasteiger partial charge in [-0.15, -0.1) is 0 Å². The van der Waals surface area contributed by atoms with Crippen molar-refractivity contribution in [2.24, 2.45) is 0 Å². The van der Waals surface area contributed by atoms with Crippen LogP contribution in [0.15, 0.2) is 0 Å². The molecule has 0 saturated carbocycles. The first-order chi connectivity index (χ1) is 0. The van der Waals surface area contributed by atoms with E-state index in [2.05, 4.69) is 0 Å². The van der Waals surface area contributed by atoms with Gasteiger partial charge >= 0.3 is 0 Å². The molecule has 0 aliphatic carbocycles. The molecule has 4 heteroatoms. The monoisotopic (exact) mass is 102 g/mol. The topological polar surface area (TPSA) is 0 Å². The van der Waals surface area contributed by atoms with Gasteiger partial charge in [0.2, 0.25) is 0 Å². The minimum absolute atomic E-state index is 0. The van der Waals surface area contributed by atoms with Crippen molar-refractivity contribution < 1.29 is 0 Å². The molecule has 0 spiro atoms. The van der Waals surface area contributed by atoms with Gasteiger partial charge in [-0.05, 0) is 0 Å². The van der Waals surface area contributed by atoms with Gasteiger partial charge in [0.15, 0.2) is 0 Å². The summed E-state index contributed by atoms with van der Waals surface area (Å²) in [5, 5.41) is 0. The van der Waals surface area contributed by atoms with E-state index in [0.29, 0.717) is 0 Å². The summed E-state index contributed by atoms with van der Waals surface area (Å²) in [7, 11) is 0. The van der Waals surface area contributed by atoms with E-state index in [9.17, 15) is 0 Å². The molecule has 0 saturated heterocycles. The molecular formula is AlCaLiSi. The van der Waals surface area contributed by atoms with Crippen molar-refractivity contribution >= 4 is 84.9 Å². The van der Waals surface area contributed by atoms with Crippen molar-refractivity contribution in [1.82, 2.24) is 0 Å². The van der Waals surface area contributed by atoms with Gasteiger partial charge in [0, 0.05) is 84.9 Å². The SMILES string of the molecule is [Al].[Ca].[Li].[Si]. The summed E-state index contributed by atoms with van der Waals surface area (Å²) in [6.45, 7) is 0. The summed E-state index contributed by atoms with van der Waals surface area (Å²) in [6, 6.07) is 0. The van der Waals surface area contributed by atoms with E-state index < -0.39 is 0 Å². The largest absolute Gasteiger partial charge is 0 e. The Balaban J connectivity index is 0. The molecule has 0 unspecified atom stereocenters. The fourth-order valence-electron chi connectivity index (χ4n) is 0. The van der Waals surface area contributed by atoms with Crippen molar-refractivity contribution in [2.45, 2.75) is 0 Å². The molecule has 0 aliphatic rings. The summed E-state index contributed by atoms with van der Waals surface area (Å²) in [5.41, 5.74) is 0. The molecule has 0 rings (SSSR count). The predicted octanol–water partition coefficient (Wildman–Crippen LogP) is -1.52. The molecule has 0 atom stereocenters. The van der Waals surface area contributed by atoms with E-state index in [-0.39, 0.29) is 84.9 Å². The second-order valence-corrected chi connectivity index (χ2v) is 0. The van der Waals surface area contributed by atoms with Gasteiger partial charge in [-0.1, -0.05) is 0 Å². The third kappa shape index (κ3) is 8.82. The van der Waals surface area contributed by atoms with Crippen LogP contribution in [0.5, 0.6) is 0 Å². The second-order valence-electron chi connectivity index (χ2n) is 0. The van der Waals surface area contributed by atoms with Gasteiger partial charge in [0.25, 0.3) is 0 Å². The van der Waals surface area contributed by atoms with Crippen LogP contribution in [0.2, 0.25) is 0 Å². The second kappa shape index (κ2) is 17.5. The van der Waals surface area contributed by atoms with Gasteiger partial charge in [-0.25, -0.2) is 0 Å². The van der Waals surface area contributed by atoms with E-state index in [1.54, 1.807) is 0 Å². The van der Waals surface area contributed by atoms with Gasteiger partial charge in [0.1, 0.15) is 0 Å². The Morgan fingerprint density at radius 2 is 1.00 bits per heavy atom. The van der Waals surface area contributed by atoms with Crippen LogP contribution < -0.4 is 0 Å². The molecule has 0 amide bonds. The van der Waals surface area contributed by atoms with E-state index in [0.717, 1.165) is 0 Å². The average molecular weight is 102 g/mol. The molecule has 0 aromatic heterocycles. The van der Waals surface area contributed by atoms with Crippen LogP contribution in [-0.4, -0.2) is 84.9 Å². The van der Waals surface area contributed by atoms with Gasteiger partial charge in [0.05, 0.1) is 0 Å². The zero-order valence-corrected chi connectivity index (χ0v) is 7.15. The molecule has 0 aliphatic heterocycles. The third-order valence-electron chi connectivity index (χ3n) is 0. The molecule has 10 valence electrons. The quantitative estimate of drug-likeness (QED) is 0.326. The van der Waals surface area contributed by atoms with Crippen LogP contribution in [0.3, 0.4) is 0 Å². The number of rotatable bonds is 0. The maximum atomic E-state index is 0. The van der Waals surface area contributed by atoms with E-state index in [1.165, 1.54) is 0 Å². The van der Waals surface area contributed by atoms with Crippen molar-refractivity contribution in [2.75, 3.05) is 0 Å². The summed E-state index contributed by atoms with van der Waals surface area (Å²) in [6.07, 6.45) is 0. The van der Waals surface area contributed by atoms with Gasteiger partial charge in [-0.3, -0.25) is 0 Å². The Morgan fingerprint density at radius 1 is 1.00 bits per heavy atom. The summed E-state index contributed by atoms with van der Waals surface area (Å²) in [4.78, 5) is 0. The molecule has 0 fully saturated rings. The standard InChI is InChI=1S/Al.Ca.Li.Si. The van der Waals surface area contributed by atoms with Crippen LogP contribution in [0.1, 0.15) is 0 Å². The smallest absolute Gasteiger partial charge is 0 e. The zero-order valence-electron chi connectivity index (χ0n) is 2.78. The third-order valence-corrected chi connectivity index (χ3v) is 0. The first kappa shape index (κ1) is 30.6. The van der Waals surface area contributed by atoms with Crippen LogP contribution >= 0.6 is 0 Å². The molecule has 10 radical (unpaired) electrons. The molecule has 0 nitrogen and oxygen atoms in total. The van der Waals surface area contributed by atoms with Crippen LogP contribution in [0.4, 0.5) is 0 Å². The molecule has 0 N–H and O–H groups in total. The molecule has 0 aromatic carbocycles. The van der Waals surface area contributed by atoms with Crippen LogP contribution in [0.25, 0.3) is 0 Å². The molecular weight excluding hydrogens is 102 g/mol. The Hall–Kier alpha value is 2.61. The van der Waals surface area contributed by atoms with Crippen molar-refractivity contribution in [1.29, 1.82) is 0 Å². The predicted molar refractivity (Wildman–Crippen MR) is 23.0 cm³/mol. The summed E-state index contributed by atoms with van der Waals surface area (Å²) < 4.78 is 0. The van der Waals surface area contributed by atoms with Crippen LogP contribution in [0, 0.1) is 0 Å². The first-order valence-corrected chi connectivity index (χ1v) is 0. The van der Waals surface area contributed by atoms with E-state index in [1.807, 2.05) is 0 Å². The molecule has 4 heavy (non-hydrogen) atoms. The first-order valence-electron chi connectivity index (χ1n) is 0. The van der Waals surface area contributed by atoms with E-state index >= 15 is 0 Å². The van der Waals surface area contributed by atoms with Gasteiger partial charge < -0.3 is 0 Å². The maximum absolute atomic E-state index is 0.